The van der Waals surface area contributed by atoms with E-state index in [0.29, 0.717) is 17.7 Å². The van der Waals surface area contributed by atoms with Crippen LogP contribution in [-0.2, 0) is 12.7 Å². The fourth-order valence-electron chi connectivity index (χ4n) is 1.83. The van der Waals surface area contributed by atoms with Crippen molar-refractivity contribution in [2.75, 3.05) is 18.6 Å². The smallest absolute Gasteiger partial charge is 0.396 e. The van der Waals surface area contributed by atoms with Crippen molar-refractivity contribution in [3.05, 3.63) is 35.4 Å². The zero-order valence-corrected chi connectivity index (χ0v) is 12.9. The third kappa shape index (κ3) is 6.57. The molecule has 0 aliphatic heterocycles. The molecule has 1 aromatic carbocycles. The van der Waals surface area contributed by atoms with Gasteiger partial charge in [-0.1, -0.05) is 12.1 Å². The van der Waals surface area contributed by atoms with E-state index < -0.39 is 17.8 Å². The Morgan fingerprint density at radius 2 is 2.14 bits per heavy atom. The van der Waals surface area contributed by atoms with Gasteiger partial charge in [0, 0.05) is 24.9 Å². The maximum Gasteiger partial charge on any atom is 0.416 e. The van der Waals surface area contributed by atoms with Gasteiger partial charge in [-0.3, -0.25) is 0 Å². The van der Waals surface area contributed by atoms with Gasteiger partial charge in [-0.2, -0.15) is 24.9 Å². The number of hydrogen-bond acceptors (Lipinski definition) is 3. The number of urea groups is 1. The summed E-state index contributed by atoms with van der Waals surface area (Å²) < 4.78 is 37.7. The number of amides is 2. The van der Waals surface area contributed by atoms with E-state index in [1.165, 1.54) is 23.9 Å². The SMILES string of the molecule is CSCC(CCO)NC(=O)NCc1cccc(C(F)(F)F)c1. The molecule has 3 N–H and O–H groups in total. The molecule has 8 heteroatoms. The lowest BCUT2D eigenvalue weighted by Crippen LogP contribution is -2.43. The second-order valence-corrected chi connectivity index (χ2v) is 5.60. The number of alkyl halides is 3. The molecule has 124 valence electrons. The van der Waals surface area contributed by atoms with E-state index in [9.17, 15) is 18.0 Å². The van der Waals surface area contributed by atoms with Crippen molar-refractivity contribution in [1.29, 1.82) is 0 Å². The molecule has 1 aromatic rings. The van der Waals surface area contributed by atoms with Crippen LogP contribution >= 0.6 is 11.8 Å². The molecule has 0 bridgehead atoms. The molecule has 22 heavy (non-hydrogen) atoms. The van der Waals surface area contributed by atoms with Crippen molar-refractivity contribution >= 4 is 17.8 Å². The van der Waals surface area contributed by atoms with Crippen LogP contribution in [0, 0.1) is 0 Å². The summed E-state index contributed by atoms with van der Waals surface area (Å²) in [6.07, 6.45) is -2.09. The Morgan fingerprint density at radius 3 is 2.73 bits per heavy atom. The molecule has 1 atom stereocenters. The van der Waals surface area contributed by atoms with Crippen molar-refractivity contribution in [2.24, 2.45) is 0 Å². The van der Waals surface area contributed by atoms with Gasteiger partial charge in [0.25, 0.3) is 0 Å². The molecular formula is C14H19F3N2O2S. The number of aliphatic hydroxyl groups excluding tert-OH is 1. The van der Waals surface area contributed by atoms with Crippen molar-refractivity contribution in [2.45, 2.75) is 25.2 Å². The monoisotopic (exact) mass is 336 g/mol. The Kier molecular flexibility index (Phi) is 7.53. The van der Waals surface area contributed by atoms with Crippen LogP contribution in [0.1, 0.15) is 17.5 Å². The molecule has 0 radical (unpaired) electrons. The van der Waals surface area contributed by atoms with Gasteiger partial charge in [0.05, 0.1) is 5.56 Å². The summed E-state index contributed by atoms with van der Waals surface area (Å²) in [5.74, 6) is 0.650. The first-order valence-corrected chi connectivity index (χ1v) is 8.06. The molecule has 4 nitrogen and oxygen atoms in total. The maximum atomic E-state index is 12.6. The van der Waals surface area contributed by atoms with Crippen LogP contribution in [0.2, 0.25) is 0 Å². The van der Waals surface area contributed by atoms with E-state index in [1.807, 2.05) is 6.26 Å². The normalized spacial score (nSPS) is 12.8. The molecule has 0 saturated carbocycles. The summed E-state index contributed by atoms with van der Waals surface area (Å²) in [5.41, 5.74) is -0.374. The summed E-state index contributed by atoms with van der Waals surface area (Å²) in [6.45, 7) is -0.0417. The van der Waals surface area contributed by atoms with E-state index in [-0.39, 0.29) is 19.2 Å². The molecule has 0 spiro atoms. The first-order valence-electron chi connectivity index (χ1n) is 6.67. The van der Waals surface area contributed by atoms with E-state index in [1.54, 1.807) is 0 Å². The molecule has 0 fully saturated rings. The first kappa shape index (κ1) is 18.6. The Labute approximate surface area is 131 Å². The number of carbonyl (C=O) groups is 1. The summed E-state index contributed by atoms with van der Waals surface area (Å²) in [6, 6.07) is 4.17. The van der Waals surface area contributed by atoms with Gasteiger partial charge in [-0.25, -0.2) is 4.79 Å². The molecular weight excluding hydrogens is 317 g/mol. The number of hydrogen-bond donors (Lipinski definition) is 3. The van der Waals surface area contributed by atoms with Gasteiger partial charge in [0.15, 0.2) is 0 Å². The van der Waals surface area contributed by atoms with E-state index in [0.717, 1.165) is 12.1 Å². The number of carbonyl (C=O) groups excluding carboxylic acids is 1. The Bertz CT molecular complexity index is 477. The zero-order valence-electron chi connectivity index (χ0n) is 12.1. The van der Waals surface area contributed by atoms with Crippen molar-refractivity contribution in [1.82, 2.24) is 10.6 Å². The second-order valence-electron chi connectivity index (χ2n) is 4.69. The number of aliphatic hydroxyl groups is 1. The van der Waals surface area contributed by atoms with Crippen LogP contribution in [0.5, 0.6) is 0 Å². The van der Waals surface area contributed by atoms with E-state index in [2.05, 4.69) is 10.6 Å². The number of rotatable bonds is 7. The molecule has 2 amide bonds. The van der Waals surface area contributed by atoms with Gasteiger partial charge in [-0.15, -0.1) is 0 Å². The van der Waals surface area contributed by atoms with Crippen LogP contribution in [-0.4, -0.2) is 35.8 Å². The van der Waals surface area contributed by atoms with Gasteiger partial charge >= 0.3 is 12.2 Å². The predicted molar refractivity (Wildman–Crippen MR) is 80.7 cm³/mol. The van der Waals surface area contributed by atoms with Gasteiger partial charge < -0.3 is 15.7 Å². The van der Waals surface area contributed by atoms with Crippen molar-refractivity contribution in [3.63, 3.8) is 0 Å². The highest BCUT2D eigenvalue weighted by Gasteiger charge is 2.30. The fraction of sp³-hybridized carbons (Fsp3) is 0.500. The number of halogens is 3. The lowest BCUT2D eigenvalue weighted by molar-refractivity contribution is -0.137. The minimum Gasteiger partial charge on any atom is -0.396 e. The highest BCUT2D eigenvalue weighted by molar-refractivity contribution is 7.98. The third-order valence-electron chi connectivity index (χ3n) is 2.89. The molecule has 0 aliphatic carbocycles. The molecule has 0 aromatic heterocycles. The van der Waals surface area contributed by atoms with E-state index >= 15 is 0 Å². The molecule has 1 rings (SSSR count). The topological polar surface area (TPSA) is 61.4 Å². The van der Waals surface area contributed by atoms with Gasteiger partial charge in [0.2, 0.25) is 0 Å². The summed E-state index contributed by atoms with van der Waals surface area (Å²) >= 11 is 1.53. The molecule has 0 aliphatic rings. The highest BCUT2D eigenvalue weighted by Crippen LogP contribution is 2.29. The van der Waals surface area contributed by atoms with Gasteiger partial charge in [-0.05, 0) is 30.4 Å². The predicted octanol–water partition coefficient (Wildman–Crippen LogP) is 2.62. The van der Waals surface area contributed by atoms with E-state index in [4.69, 9.17) is 5.11 Å². The lowest BCUT2D eigenvalue weighted by Gasteiger charge is -2.17. The lowest BCUT2D eigenvalue weighted by atomic mass is 10.1. The quantitative estimate of drug-likeness (QED) is 0.717. The summed E-state index contributed by atoms with van der Waals surface area (Å²) in [5, 5.41) is 14.1. The minimum atomic E-state index is -4.40. The Morgan fingerprint density at radius 1 is 1.41 bits per heavy atom. The minimum absolute atomic E-state index is 0.000859. The summed E-state index contributed by atoms with van der Waals surface area (Å²) in [4.78, 5) is 11.7. The summed E-state index contributed by atoms with van der Waals surface area (Å²) in [7, 11) is 0. The molecule has 0 saturated heterocycles. The van der Waals surface area contributed by atoms with Crippen LogP contribution < -0.4 is 10.6 Å². The number of thioether (sulfide) groups is 1. The van der Waals surface area contributed by atoms with Crippen LogP contribution in [0.15, 0.2) is 24.3 Å². The van der Waals surface area contributed by atoms with Crippen molar-refractivity contribution in [3.8, 4) is 0 Å². The number of benzene rings is 1. The fourth-order valence-corrected chi connectivity index (χ4v) is 2.48. The largest absolute Gasteiger partial charge is 0.416 e. The van der Waals surface area contributed by atoms with Crippen LogP contribution in [0.3, 0.4) is 0 Å². The third-order valence-corrected chi connectivity index (χ3v) is 3.62. The Balaban J connectivity index is 2.53. The number of nitrogens with one attached hydrogen (secondary N) is 2. The second kappa shape index (κ2) is 8.89. The average Bonchev–Trinajstić information content (AvgIpc) is 2.45. The highest BCUT2D eigenvalue weighted by atomic mass is 32.2. The molecule has 1 unspecified atom stereocenters. The first-order chi connectivity index (χ1) is 10.4. The average molecular weight is 336 g/mol. The maximum absolute atomic E-state index is 12.6. The molecule has 0 heterocycles. The van der Waals surface area contributed by atoms with Gasteiger partial charge in [0.1, 0.15) is 0 Å². The standard InChI is InChI=1S/C14H19F3N2O2S/c1-22-9-12(5-6-20)19-13(21)18-8-10-3-2-4-11(7-10)14(15,16)17/h2-4,7,12,20H,5-6,8-9H2,1H3,(H2,18,19,21). The van der Waals surface area contributed by atoms with Crippen LogP contribution in [0.25, 0.3) is 0 Å². The zero-order chi connectivity index (χ0) is 16.6. The van der Waals surface area contributed by atoms with Crippen molar-refractivity contribution < 1.29 is 23.1 Å². The Hall–Kier alpha value is -1.41. The van der Waals surface area contributed by atoms with Crippen LogP contribution in [0.4, 0.5) is 18.0 Å².